The molecule has 9 heteroatoms. The van der Waals surface area contributed by atoms with Crippen LogP contribution in [0.25, 0.3) is 11.0 Å². The highest BCUT2D eigenvalue weighted by Gasteiger charge is 2.12. The van der Waals surface area contributed by atoms with Crippen molar-refractivity contribution in [3.63, 3.8) is 0 Å². The van der Waals surface area contributed by atoms with Crippen LogP contribution in [0.2, 0.25) is 0 Å². The first-order valence-corrected chi connectivity index (χ1v) is 12.8. The third kappa shape index (κ3) is 5.91. The highest BCUT2D eigenvalue weighted by molar-refractivity contribution is 7.15. The molecule has 0 spiro atoms. The normalized spacial score (nSPS) is 11.7. The van der Waals surface area contributed by atoms with E-state index in [1.165, 1.54) is 4.52 Å². The monoisotopic (exact) mass is 507 g/mol. The number of thiazole rings is 1. The number of methoxy groups -OCH3 is 1. The Balaban J connectivity index is 1.61. The summed E-state index contributed by atoms with van der Waals surface area (Å²) in [4.78, 5) is 30.0. The van der Waals surface area contributed by atoms with E-state index >= 15 is 0 Å². The lowest BCUT2D eigenvalue weighted by molar-refractivity contribution is 0.288. The lowest BCUT2D eigenvalue weighted by Gasteiger charge is -2.10. The van der Waals surface area contributed by atoms with Gasteiger partial charge < -0.3 is 14.2 Å². The Kier molecular flexibility index (Phi) is 8.32. The highest BCUT2D eigenvalue weighted by Crippen LogP contribution is 2.28. The van der Waals surface area contributed by atoms with Gasteiger partial charge in [-0.3, -0.25) is 9.59 Å². The van der Waals surface area contributed by atoms with Crippen molar-refractivity contribution in [3.8, 4) is 17.2 Å². The summed E-state index contributed by atoms with van der Waals surface area (Å²) in [5.41, 5.74) is 1.10. The van der Waals surface area contributed by atoms with E-state index in [9.17, 15) is 9.59 Å². The number of hydrogen-bond acceptors (Lipinski definition) is 8. The first kappa shape index (κ1) is 25.4. The minimum atomic E-state index is -0.440. The molecule has 4 rings (SSSR count). The average Bonchev–Trinajstić information content (AvgIpc) is 3.18. The van der Waals surface area contributed by atoms with Gasteiger partial charge in [-0.2, -0.15) is 14.6 Å². The quantitative estimate of drug-likeness (QED) is 0.286. The summed E-state index contributed by atoms with van der Waals surface area (Å²) < 4.78 is 18.5. The molecule has 36 heavy (non-hydrogen) atoms. The van der Waals surface area contributed by atoms with Crippen LogP contribution in [0.4, 0.5) is 0 Å². The Morgan fingerprint density at radius 2 is 1.78 bits per heavy atom. The molecule has 0 saturated carbocycles. The molecule has 0 radical (unpaired) electrons. The minimum Gasteiger partial charge on any atom is -0.494 e. The van der Waals surface area contributed by atoms with Gasteiger partial charge in [0.1, 0.15) is 11.4 Å². The number of fused-ring (bicyclic) bond motifs is 1. The molecule has 2 heterocycles. The van der Waals surface area contributed by atoms with E-state index < -0.39 is 5.56 Å². The number of nitrogens with zero attached hydrogens (tertiary/aromatic N) is 3. The molecule has 0 bridgehead atoms. The fraction of sp³-hybridized carbons (Fsp3) is 0.333. The topological polar surface area (TPSA) is 92.0 Å². The Morgan fingerprint density at radius 3 is 2.50 bits per heavy atom. The molecule has 0 aliphatic heterocycles. The van der Waals surface area contributed by atoms with Crippen molar-refractivity contribution < 1.29 is 14.2 Å². The number of rotatable bonds is 11. The largest absolute Gasteiger partial charge is 0.494 e. The maximum atomic E-state index is 13.1. The summed E-state index contributed by atoms with van der Waals surface area (Å²) in [7, 11) is 1.58. The SMILES string of the molecule is CCCCOc1ccc(/C=c2/sc3nc(=O)c(Cc4ccc(OCCC)cc4)nn3c2=O)cc1OC. The van der Waals surface area contributed by atoms with E-state index in [0.29, 0.717) is 29.2 Å². The molecule has 0 fully saturated rings. The molecule has 2 aromatic heterocycles. The molecule has 0 aliphatic rings. The van der Waals surface area contributed by atoms with Crippen molar-refractivity contribution in [2.45, 2.75) is 39.5 Å². The molecular weight excluding hydrogens is 478 g/mol. The van der Waals surface area contributed by atoms with Crippen LogP contribution in [-0.2, 0) is 6.42 Å². The molecule has 0 N–H and O–H groups in total. The number of hydrogen-bond donors (Lipinski definition) is 0. The van der Waals surface area contributed by atoms with Gasteiger partial charge in [-0.25, -0.2) is 0 Å². The Morgan fingerprint density at radius 1 is 0.972 bits per heavy atom. The van der Waals surface area contributed by atoms with Crippen LogP contribution in [0.1, 0.15) is 49.9 Å². The van der Waals surface area contributed by atoms with Gasteiger partial charge in [-0.05, 0) is 54.3 Å². The Labute approximate surface area is 212 Å². The number of unbranched alkanes of at least 4 members (excludes halogenated alkanes) is 1. The maximum Gasteiger partial charge on any atom is 0.296 e. The summed E-state index contributed by atoms with van der Waals surface area (Å²) in [6.45, 7) is 5.41. The summed E-state index contributed by atoms with van der Waals surface area (Å²) in [6, 6.07) is 13.0. The average molecular weight is 508 g/mol. The van der Waals surface area contributed by atoms with Crippen LogP contribution >= 0.6 is 11.3 Å². The van der Waals surface area contributed by atoms with Crippen LogP contribution in [0.3, 0.4) is 0 Å². The summed E-state index contributed by atoms with van der Waals surface area (Å²) in [5.74, 6) is 2.02. The first-order chi connectivity index (χ1) is 17.5. The first-order valence-electron chi connectivity index (χ1n) is 12.0. The molecule has 0 aliphatic carbocycles. The van der Waals surface area contributed by atoms with E-state index in [2.05, 4.69) is 17.0 Å². The van der Waals surface area contributed by atoms with Crippen molar-refractivity contribution in [2.24, 2.45) is 0 Å². The van der Waals surface area contributed by atoms with Crippen molar-refractivity contribution >= 4 is 22.4 Å². The molecule has 0 saturated heterocycles. The molecule has 0 amide bonds. The van der Waals surface area contributed by atoms with Crippen LogP contribution in [0, 0.1) is 0 Å². The van der Waals surface area contributed by atoms with Gasteiger partial charge in [0.2, 0.25) is 4.96 Å². The second kappa shape index (κ2) is 11.8. The third-order valence-electron chi connectivity index (χ3n) is 5.46. The van der Waals surface area contributed by atoms with Gasteiger partial charge in [0.15, 0.2) is 11.5 Å². The van der Waals surface area contributed by atoms with Crippen molar-refractivity contribution in [1.82, 2.24) is 14.6 Å². The summed E-state index contributed by atoms with van der Waals surface area (Å²) >= 11 is 1.12. The predicted molar refractivity (Wildman–Crippen MR) is 141 cm³/mol. The van der Waals surface area contributed by atoms with Gasteiger partial charge in [-0.15, -0.1) is 0 Å². The van der Waals surface area contributed by atoms with E-state index in [-0.39, 0.29) is 22.6 Å². The third-order valence-corrected chi connectivity index (χ3v) is 6.42. The molecule has 0 unspecified atom stereocenters. The maximum absolute atomic E-state index is 13.1. The minimum absolute atomic E-state index is 0.214. The zero-order valence-corrected chi connectivity index (χ0v) is 21.5. The van der Waals surface area contributed by atoms with E-state index in [1.807, 2.05) is 49.4 Å². The summed E-state index contributed by atoms with van der Waals surface area (Å²) in [5, 5.41) is 4.34. The van der Waals surface area contributed by atoms with Gasteiger partial charge in [0.25, 0.3) is 11.1 Å². The van der Waals surface area contributed by atoms with Gasteiger partial charge >= 0.3 is 0 Å². The zero-order chi connectivity index (χ0) is 25.5. The molecule has 188 valence electrons. The van der Waals surface area contributed by atoms with Crippen LogP contribution < -0.4 is 29.9 Å². The van der Waals surface area contributed by atoms with Crippen molar-refractivity contribution in [2.75, 3.05) is 20.3 Å². The molecular formula is C27H29N3O5S. The van der Waals surface area contributed by atoms with Crippen LogP contribution in [0.15, 0.2) is 52.1 Å². The lowest BCUT2D eigenvalue weighted by Crippen LogP contribution is -2.28. The van der Waals surface area contributed by atoms with Gasteiger partial charge in [-0.1, -0.05) is 49.8 Å². The van der Waals surface area contributed by atoms with Crippen molar-refractivity contribution in [3.05, 3.63) is 84.5 Å². The second-order valence-corrected chi connectivity index (χ2v) is 9.26. The lowest BCUT2D eigenvalue weighted by atomic mass is 10.1. The molecule has 0 atom stereocenters. The fourth-order valence-corrected chi connectivity index (χ4v) is 4.44. The Bertz CT molecular complexity index is 1500. The van der Waals surface area contributed by atoms with E-state index in [4.69, 9.17) is 14.2 Å². The summed E-state index contributed by atoms with van der Waals surface area (Å²) in [6.07, 6.45) is 4.93. The van der Waals surface area contributed by atoms with E-state index in [1.54, 1.807) is 13.2 Å². The molecule has 2 aromatic carbocycles. The zero-order valence-electron chi connectivity index (χ0n) is 20.7. The van der Waals surface area contributed by atoms with Crippen molar-refractivity contribution in [1.29, 1.82) is 0 Å². The second-order valence-electron chi connectivity index (χ2n) is 8.26. The molecule has 8 nitrogen and oxygen atoms in total. The fourth-order valence-electron chi connectivity index (χ4n) is 3.54. The smallest absolute Gasteiger partial charge is 0.296 e. The Hall–Kier alpha value is -3.72. The number of ether oxygens (including phenoxy) is 3. The van der Waals surface area contributed by atoms with Gasteiger partial charge in [0, 0.05) is 6.42 Å². The standard InChI is InChI=1S/C27H29N3O5S/c1-4-6-14-35-22-12-9-19(16-23(22)33-3)17-24-26(32)30-27(36-24)28-25(31)21(29-30)15-18-7-10-20(11-8-18)34-13-5-2/h7-12,16-17H,4-6,13-15H2,1-3H3/b24-17+. The van der Waals surface area contributed by atoms with E-state index in [0.717, 1.165) is 47.5 Å². The molecule has 4 aromatic rings. The number of aromatic nitrogens is 3. The number of benzene rings is 2. The van der Waals surface area contributed by atoms with Crippen LogP contribution in [-0.4, -0.2) is 34.9 Å². The van der Waals surface area contributed by atoms with Gasteiger partial charge in [0.05, 0.1) is 24.9 Å². The highest BCUT2D eigenvalue weighted by atomic mass is 32.1. The predicted octanol–water partition coefficient (Wildman–Crippen LogP) is 3.63. The van der Waals surface area contributed by atoms with Crippen LogP contribution in [0.5, 0.6) is 17.2 Å².